The first-order valence-corrected chi connectivity index (χ1v) is 9.00. The van der Waals surface area contributed by atoms with Gasteiger partial charge in [0.1, 0.15) is 12.3 Å². The molecule has 0 saturated carbocycles. The number of para-hydroxylation sites is 1. The molecule has 2 heterocycles. The third-order valence-corrected chi connectivity index (χ3v) is 4.86. The minimum atomic E-state index is -0.227. The van der Waals surface area contributed by atoms with Crippen molar-refractivity contribution in [3.8, 4) is 0 Å². The highest BCUT2D eigenvalue weighted by Crippen LogP contribution is 2.30. The zero-order chi connectivity index (χ0) is 17.8. The minimum absolute atomic E-state index is 0.0535. The first-order chi connectivity index (χ1) is 12.1. The van der Waals surface area contributed by atoms with E-state index in [1.54, 1.807) is 42.7 Å². The Morgan fingerprint density at radius 2 is 2.20 bits per heavy atom. The van der Waals surface area contributed by atoms with Gasteiger partial charge in [-0.1, -0.05) is 35.5 Å². The number of nitrogens with one attached hydrogen (secondary N) is 1. The van der Waals surface area contributed by atoms with Gasteiger partial charge in [-0.05, 0) is 31.2 Å². The average Bonchev–Trinajstić information content (AvgIpc) is 3.24. The van der Waals surface area contributed by atoms with Crippen LogP contribution >= 0.6 is 23.4 Å². The second-order valence-corrected chi connectivity index (χ2v) is 6.72. The van der Waals surface area contributed by atoms with Crippen LogP contribution in [-0.2, 0) is 9.59 Å². The fourth-order valence-corrected chi connectivity index (χ4v) is 3.43. The normalized spacial score (nSPS) is 15.2. The van der Waals surface area contributed by atoms with Crippen molar-refractivity contribution in [1.82, 2.24) is 5.32 Å². The number of hydrogen-bond acceptors (Lipinski definition) is 5. The van der Waals surface area contributed by atoms with Gasteiger partial charge in [0.15, 0.2) is 5.17 Å². The minimum Gasteiger partial charge on any atom is -0.467 e. The molecule has 6 nitrogen and oxygen atoms in total. The number of carbonyl (C=O) groups excluding carboxylic acids is 2. The lowest BCUT2D eigenvalue weighted by molar-refractivity contribution is -0.119. The first-order valence-electron chi connectivity index (χ1n) is 7.64. The van der Waals surface area contributed by atoms with E-state index in [1.807, 2.05) is 6.92 Å². The largest absolute Gasteiger partial charge is 0.467 e. The maximum atomic E-state index is 12.1. The van der Waals surface area contributed by atoms with Crippen LogP contribution in [0.5, 0.6) is 0 Å². The molecule has 25 heavy (non-hydrogen) atoms. The van der Waals surface area contributed by atoms with Crippen molar-refractivity contribution < 1.29 is 14.0 Å². The lowest BCUT2D eigenvalue weighted by atomic mass is 10.2. The van der Waals surface area contributed by atoms with E-state index >= 15 is 0 Å². The van der Waals surface area contributed by atoms with Gasteiger partial charge in [-0.15, -0.1) is 0 Å². The van der Waals surface area contributed by atoms with E-state index in [4.69, 9.17) is 16.0 Å². The molecule has 1 aromatic heterocycles. The molecular weight excluding hydrogens is 362 g/mol. The third kappa shape index (κ3) is 4.05. The molecule has 0 aliphatic carbocycles. The number of halogens is 1. The molecule has 0 radical (unpaired) electrons. The molecule has 3 rings (SSSR count). The summed E-state index contributed by atoms with van der Waals surface area (Å²) in [5.74, 6) is 0.484. The monoisotopic (exact) mass is 377 g/mol. The lowest BCUT2D eigenvalue weighted by Gasteiger charge is -2.19. The quantitative estimate of drug-likeness (QED) is 0.867. The van der Waals surface area contributed by atoms with Crippen LogP contribution in [0.1, 0.15) is 18.7 Å². The Labute approximate surface area is 154 Å². The molecule has 0 unspecified atom stereocenters. The fourth-order valence-electron chi connectivity index (χ4n) is 2.39. The predicted molar refractivity (Wildman–Crippen MR) is 99.0 cm³/mol. The molecule has 1 aromatic carbocycles. The van der Waals surface area contributed by atoms with Crippen molar-refractivity contribution in [2.45, 2.75) is 13.0 Å². The average molecular weight is 378 g/mol. The van der Waals surface area contributed by atoms with Gasteiger partial charge in [0.25, 0.3) is 5.91 Å². The highest BCUT2D eigenvalue weighted by Gasteiger charge is 2.29. The van der Waals surface area contributed by atoms with Gasteiger partial charge in [0, 0.05) is 0 Å². The molecule has 2 aromatic rings. The maximum Gasteiger partial charge on any atom is 0.254 e. The number of rotatable bonds is 5. The first kappa shape index (κ1) is 17.6. The Bertz CT molecular complexity index is 807. The van der Waals surface area contributed by atoms with E-state index in [1.165, 1.54) is 16.7 Å². The molecule has 0 bridgehead atoms. The van der Waals surface area contributed by atoms with Crippen molar-refractivity contribution >= 4 is 46.0 Å². The second kappa shape index (κ2) is 7.76. The SMILES string of the molecule is C[C@@H](NC(=O)CSC1=NCC(=O)N1c1ccccc1Cl)c1ccco1. The highest BCUT2D eigenvalue weighted by atomic mass is 35.5. The van der Waals surface area contributed by atoms with Gasteiger partial charge in [-0.25, -0.2) is 0 Å². The Hall–Kier alpha value is -2.25. The maximum absolute atomic E-state index is 12.1. The van der Waals surface area contributed by atoms with Crippen LogP contribution in [0.25, 0.3) is 0 Å². The summed E-state index contributed by atoms with van der Waals surface area (Å²) in [5, 5.41) is 3.78. The second-order valence-electron chi connectivity index (χ2n) is 5.37. The van der Waals surface area contributed by atoms with E-state index in [-0.39, 0.29) is 30.2 Å². The van der Waals surface area contributed by atoms with Gasteiger partial charge in [-0.2, -0.15) is 0 Å². The standard InChI is InChI=1S/C17H16ClN3O3S/c1-11(14-7-4-8-24-14)20-15(22)10-25-17-19-9-16(23)21(17)13-6-3-2-5-12(13)18/h2-8,11H,9-10H2,1H3,(H,20,22)/t11-/m1/s1. The van der Waals surface area contributed by atoms with Crippen LogP contribution in [0, 0.1) is 0 Å². The fraction of sp³-hybridized carbons (Fsp3) is 0.235. The number of furan rings is 1. The van der Waals surface area contributed by atoms with Crippen molar-refractivity contribution in [3.63, 3.8) is 0 Å². The molecule has 8 heteroatoms. The molecule has 130 valence electrons. The Kier molecular flexibility index (Phi) is 5.45. The van der Waals surface area contributed by atoms with Gasteiger partial charge >= 0.3 is 0 Å². The number of nitrogens with zero attached hydrogens (tertiary/aromatic N) is 2. The van der Waals surface area contributed by atoms with Crippen LogP contribution in [0.15, 0.2) is 52.1 Å². The zero-order valence-corrected chi connectivity index (χ0v) is 15.0. The number of hydrogen-bond donors (Lipinski definition) is 1. The van der Waals surface area contributed by atoms with Crippen LogP contribution in [0.3, 0.4) is 0 Å². The number of anilines is 1. The van der Waals surface area contributed by atoms with Gasteiger partial charge in [-0.3, -0.25) is 19.5 Å². The van der Waals surface area contributed by atoms with Gasteiger partial charge < -0.3 is 9.73 Å². The van der Waals surface area contributed by atoms with Crippen molar-refractivity contribution in [2.75, 3.05) is 17.2 Å². The van der Waals surface area contributed by atoms with Crippen LogP contribution in [0.2, 0.25) is 5.02 Å². The number of benzene rings is 1. The summed E-state index contributed by atoms with van der Waals surface area (Å²) < 4.78 is 5.26. The molecule has 0 spiro atoms. The van der Waals surface area contributed by atoms with E-state index in [0.717, 1.165) is 0 Å². The molecule has 0 saturated heterocycles. The Balaban J connectivity index is 1.61. The number of thioether (sulfide) groups is 1. The summed E-state index contributed by atoms with van der Waals surface area (Å²) >= 11 is 7.38. The summed E-state index contributed by atoms with van der Waals surface area (Å²) in [6.07, 6.45) is 1.56. The molecule has 1 atom stereocenters. The van der Waals surface area contributed by atoms with Crippen LogP contribution in [0.4, 0.5) is 5.69 Å². The molecule has 1 aliphatic heterocycles. The Morgan fingerprint density at radius 3 is 2.92 bits per heavy atom. The van der Waals surface area contributed by atoms with Crippen LogP contribution < -0.4 is 10.2 Å². The van der Waals surface area contributed by atoms with E-state index < -0.39 is 0 Å². The van der Waals surface area contributed by atoms with E-state index in [9.17, 15) is 9.59 Å². The number of aliphatic imine (C=N–C) groups is 1. The topological polar surface area (TPSA) is 74.9 Å². The smallest absolute Gasteiger partial charge is 0.254 e. The molecular formula is C17H16ClN3O3S. The number of amides is 2. The van der Waals surface area contributed by atoms with E-state index in [2.05, 4.69) is 10.3 Å². The lowest BCUT2D eigenvalue weighted by Crippen LogP contribution is -2.33. The third-order valence-electron chi connectivity index (χ3n) is 3.56. The highest BCUT2D eigenvalue weighted by molar-refractivity contribution is 8.14. The molecule has 1 aliphatic rings. The van der Waals surface area contributed by atoms with Crippen molar-refractivity contribution in [2.24, 2.45) is 4.99 Å². The summed E-state index contributed by atoms with van der Waals surface area (Å²) in [6.45, 7) is 1.89. The van der Waals surface area contributed by atoms with Crippen LogP contribution in [-0.4, -0.2) is 29.3 Å². The van der Waals surface area contributed by atoms with E-state index in [0.29, 0.717) is 21.6 Å². The molecule has 2 amide bonds. The molecule has 0 fully saturated rings. The number of amidine groups is 1. The zero-order valence-electron chi connectivity index (χ0n) is 13.4. The Morgan fingerprint density at radius 1 is 1.40 bits per heavy atom. The summed E-state index contributed by atoms with van der Waals surface area (Å²) in [5.41, 5.74) is 0.572. The summed E-state index contributed by atoms with van der Waals surface area (Å²) in [6, 6.07) is 10.4. The van der Waals surface area contributed by atoms with Crippen molar-refractivity contribution in [1.29, 1.82) is 0 Å². The summed E-state index contributed by atoms with van der Waals surface area (Å²) in [4.78, 5) is 30.0. The van der Waals surface area contributed by atoms with Crippen molar-refractivity contribution in [3.05, 3.63) is 53.4 Å². The van der Waals surface area contributed by atoms with Gasteiger partial charge in [0.05, 0.1) is 28.8 Å². The van der Waals surface area contributed by atoms with Gasteiger partial charge in [0.2, 0.25) is 5.91 Å². The molecule has 1 N–H and O–H groups in total. The summed E-state index contributed by atoms with van der Waals surface area (Å²) in [7, 11) is 0. The predicted octanol–water partition coefficient (Wildman–Crippen LogP) is 3.25. The number of carbonyl (C=O) groups is 2.